The number of benzene rings is 3. The number of ether oxygens (including phenoxy) is 1. The van der Waals surface area contributed by atoms with Gasteiger partial charge in [-0.2, -0.15) is 0 Å². The summed E-state index contributed by atoms with van der Waals surface area (Å²) in [5.41, 5.74) is 2.40. The smallest absolute Gasteiger partial charge is 0.338 e. The summed E-state index contributed by atoms with van der Waals surface area (Å²) in [4.78, 5) is 24.4. The van der Waals surface area contributed by atoms with E-state index in [0.29, 0.717) is 21.7 Å². The van der Waals surface area contributed by atoms with E-state index >= 15 is 0 Å². The molecule has 0 N–H and O–H groups in total. The summed E-state index contributed by atoms with van der Waals surface area (Å²) in [6.07, 6.45) is 0. The molecule has 3 aromatic rings. The molecule has 0 saturated carbocycles. The molecule has 0 spiro atoms. The number of esters is 1. The Kier molecular flexibility index (Phi) is 5.26. The lowest BCUT2D eigenvalue weighted by Crippen LogP contribution is -2.06. The van der Waals surface area contributed by atoms with Crippen LogP contribution in [0.1, 0.15) is 31.8 Å². The largest absolute Gasteiger partial charge is 0.457 e. The van der Waals surface area contributed by atoms with E-state index in [1.165, 1.54) is 0 Å². The van der Waals surface area contributed by atoms with Crippen molar-refractivity contribution < 1.29 is 14.3 Å². The van der Waals surface area contributed by atoms with Crippen molar-refractivity contribution in [2.24, 2.45) is 0 Å². The van der Waals surface area contributed by atoms with Crippen LogP contribution in [-0.4, -0.2) is 11.8 Å². The Balaban J connectivity index is 1.64. The van der Waals surface area contributed by atoms with E-state index in [0.717, 1.165) is 5.56 Å². The molecule has 0 radical (unpaired) electrons. The average Bonchev–Trinajstić information content (AvgIpc) is 2.67. The van der Waals surface area contributed by atoms with Crippen molar-refractivity contribution in [3.63, 3.8) is 0 Å². The summed E-state index contributed by atoms with van der Waals surface area (Å²) >= 11 is 5.82. The topological polar surface area (TPSA) is 43.4 Å². The van der Waals surface area contributed by atoms with Crippen molar-refractivity contribution in [3.8, 4) is 0 Å². The average molecular weight is 351 g/mol. The van der Waals surface area contributed by atoms with Crippen molar-refractivity contribution in [3.05, 3.63) is 106 Å². The fourth-order valence-corrected chi connectivity index (χ4v) is 2.45. The van der Waals surface area contributed by atoms with Crippen LogP contribution in [0.2, 0.25) is 5.02 Å². The van der Waals surface area contributed by atoms with Crippen LogP contribution in [0.4, 0.5) is 0 Å². The fourth-order valence-electron chi connectivity index (χ4n) is 2.33. The monoisotopic (exact) mass is 350 g/mol. The molecule has 0 aliphatic heterocycles. The number of halogens is 1. The first-order valence-electron chi connectivity index (χ1n) is 7.75. The Labute approximate surface area is 150 Å². The number of ketones is 1. The van der Waals surface area contributed by atoms with Gasteiger partial charge in [0.2, 0.25) is 0 Å². The van der Waals surface area contributed by atoms with Gasteiger partial charge in [-0.1, -0.05) is 66.2 Å². The summed E-state index contributed by atoms with van der Waals surface area (Å²) in [6, 6.07) is 22.6. The fraction of sp³-hybridized carbons (Fsp3) is 0.0476. The van der Waals surface area contributed by atoms with E-state index < -0.39 is 5.97 Å². The van der Waals surface area contributed by atoms with Gasteiger partial charge in [-0.15, -0.1) is 0 Å². The molecule has 0 unspecified atom stereocenters. The van der Waals surface area contributed by atoms with Gasteiger partial charge in [0.05, 0.1) is 5.56 Å². The van der Waals surface area contributed by atoms with Gasteiger partial charge in [0.25, 0.3) is 0 Å². The minimum atomic E-state index is -0.436. The normalized spacial score (nSPS) is 10.3. The Bertz CT molecular complexity index is 869. The lowest BCUT2D eigenvalue weighted by molar-refractivity contribution is 0.0472. The van der Waals surface area contributed by atoms with E-state index in [9.17, 15) is 9.59 Å². The number of rotatable bonds is 5. The van der Waals surface area contributed by atoms with E-state index in [2.05, 4.69) is 0 Å². The number of carbonyl (C=O) groups is 2. The predicted octanol–water partition coefficient (Wildman–Crippen LogP) is 4.93. The molecule has 0 bridgehead atoms. The molecular formula is C21H15ClO3. The first kappa shape index (κ1) is 16.9. The van der Waals surface area contributed by atoms with Gasteiger partial charge in [-0.3, -0.25) is 4.79 Å². The number of hydrogen-bond acceptors (Lipinski definition) is 3. The zero-order chi connectivity index (χ0) is 17.6. The van der Waals surface area contributed by atoms with Crippen LogP contribution in [0, 0.1) is 0 Å². The highest BCUT2D eigenvalue weighted by Gasteiger charge is 2.11. The molecule has 124 valence electrons. The van der Waals surface area contributed by atoms with Crippen LogP contribution in [0.5, 0.6) is 0 Å². The minimum Gasteiger partial charge on any atom is -0.457 e. The Morgan fingerprint density at radius 3 is 1.92 bits per heavy atom. The molecule has 0 aromatic heterocycles. The van der Waals surface area contributed by atoms with Gasteiger partial charge in [0.1, 0.15) is 6.61 Å². The summed E-state index contributed by atoms with van der Waals surface area (Å²) in [5.74, 6) is -0.518. The molecule has 0 atom stereocenters. The van der Waals surface area contributed by atoms with Gasteiger partial charge in [0, 0.05) is 16.1 Å². The molecule has 0 aliphatic rings. The molecule has 4 heteroatoms. The van der Waals surface area contributed by atoms with Crippen LogP contribution in [0.25, 0.3) is 0 Å². The second kappa shape index (κ2) is 7.77. The lowest BCUT2D eigenvalue weighted by Gasteiger charge is -2.06. The standard InChI is InChI=1S/C21H15ClO3/c22-19-12-6-15(7-13-19)14-25-21(24)18-10-8-17(9-11-18)20(23)16-4-2-1-3-5-16/h1-13H,14H2. The molecule has 0 saturated heterocycles. The molecule has 3 aromatic carbocycles. The minimum absolute atomic E-state index is 0.0818. The molecule has 0 aliphatic carbocycles. The third-order valence-electron chi connectivity index (χ3n) is 3.70. The highest BCUT2D eigenvalue weighted by Crippen LogP contribution is 2.14. The zero-order valence-electron chi connectivity index (χ0n) is 13.3. The van der Waals surface area contributed by atoms with Gasteiger partial charge < -0.3 is 4.74 Å². The first-order valence-corrected chi connectivity index (χ1v) is 8.12. The van der Waals surface area contributed by atoms with Crippen molar-refractivity contribution in [1.29, 1.82) is 0 Å². The van der Waals surface area contributed by atoms with Crippen LogP contribution in [0.3, 0.4) is 0 Å². The molecule has 0 heterocycles. The highest BCUT2D eigenvalue weighted by molar-refractivity contribution is 6.30. The summed E-state index contributed by atoms with van der Waals surface area (Å²) < 4.78 is 5.27. The van der Waals surface area contributed by atoms with E-state index in [1.807, 2.05) is 18.2 Å². The molecule has 0 amide bonds. The van der Waals surface area contributed by atoms with Crippen LogP contribution in [-0.2, 0) is 11.3 Å². The summed E-state index contributed by atoms with van der Waals surface area (Å²) in [6.45, 7) is 0.167. The summed E-state index contributed by atoms with van der Waals surface area (Å²) in [7, 11) is 0. The predicted molar refractivity (Wildman–Crippen MR) is 96.9 cm³/mol. The van der Waals surface area contributed by atoms with E-state index in [-0.39, 0.29) is 12.4 Å². The maximum Gasteiger partial charge on any atom is 0.338 e. The Hall–Kier alpha value is -2.91. The number of carbonyl (C=O) groups excluding carboxylic acids is 2. The van der Waals surface area contributed by atoms with Gasteiger partial charge in [0.15, 0.2) is 5.78 Å². The number of hydrogen-bond donors (Lipinski definition) is 0. The Morgan fingerprint density at radius 1 is 0.720 bits per heavy atom. The lowest BCUT2D eigenvalue weighted by atomic mass is 10.0. The third kappa shape index (κ3) is 4.34. The van der Waals surface area contributed by atoms with E-state index in [4.69, 9.17) is 16.3 Å². The molecule has 3 rings (SSSR count). The van der Waals surface area contributed by atoms with Crippen molar-refractivity contribution in [2.75, 3.05) is 0 Å². The van der Waals surface area contributed by atoms with Crippen LogP contribution >= 0.6 is 11.6 Å². The maximum absolute atomic E-state index is 12.3. The second-order valence-electron chi connectivity index (χ2n) is 5.48. The summed E-state index contributed by atoms with van der Waals surface area (Å²) in [5, 5.41) is 0.633. The molecule has 0 fully saturated rings. The molecule has 3 nitrogen and oxygen atoms in total. The Morgan fingerprint density at radius 2 is 1.28 bits per heavy atom. The third-order valence-corrected chi connectivity index (χ3v) is 3.95. The van der Waals surface area contributed by atoms with Gasteiger partial charge in [-0.05, 0) is 29.8 Å². The molecule has 25 heavy (non-hydrogen) atoms. The quantitative estimate of drug-likeness (QED) is 0.484. The van der Waals surface area contributed by atoms with E-state index in [1.54, 1.807) is 60.7 Å². The van der Waals surface area contributed by atoms with Crippen molar-refractivity contribution >= 4 is 23.4 Å². The maximum atomic E-state index is 12.3. The van der Waals surface area contributed by atoms with Gasteiger partial charge >= 0.3 is 5.97 Å². The highest BCUT2D eigenvalue weighted by atomic mass is 35.5. The zero-order valence-corrected chi connectivity index (χ0v) is 14.1. The van der Waals surface area contributed by atoms with Crippen LogP contribution in [0.15, 0.2) is 78.9 Å². The van der Waals surface area contributed by atoms with Gasteiger partial charge in [-0.25, -0.2) is 4.79 Å². The second-order valence-corrected chi connectivity index (χ2v) is 5.91. The molecular weight excluding hydrogens is 336 g/mol. The van der Waals surface area contributed by atoms with Crippen molar-refractivity contribution in [1.82, 2.24) is 0 Å². The van der Waals surface area contributed by atoms with Crippen molar-refractivity contribution in [2.45, 2.75) is 6.61 Å². The SMILES string of the molecule is O=C(OCc1ccc(Cl)cc1)c1ccc(C(=O)c2ccccc2)cc1. The van der Waals surface area contributed by atoms with Crippen LogP contribution < -0.4 is 0 Å². The first-order chi connectivity index (χ1) is 12.1.